The molecule has 0 saturated heterocycles. The average molecular weight is 268 g/mol. The molecular weight excluding hydrogens is 248 g/mol. The molecule has 2 rings (SSSR count). The van der Waals surface area contributed by atoms with Crippen LogP contribution in [0.1, 0.15) is 27.0 Å². The third kappa shape index (κ3) is 3.45. The van der Waals surface area contributed by atoms with Gasteiger partial charge in [-0.05, 0) is 30.2 Å². The number of hydrogen-bond acceptors (Lipinski definition) is 2. The summed E-state index contributed by atoms with van der Waals surface area (Å²) in [5, 5.41) is 0. The summed E-state index contributed by atoms with van der Waals surface area (Å²) in [7, 11) is 1.82. The number of hydrogen-bond donors (Lipinski definition) is 1. The lowest BCUT2D eigenvalue weighted by Crippen LogP contribution is -2.26. The molecule has 1 amide bonds. The van der Waals surface area contributed by atoms with Gasteiger partial charge in [-0.15, -0.1) is 0 Å². The molecule has 0 heterocycles. The molecule has 2 aromatic rings. The van der Waals surface area contributed by atoms with Gasteiger partial charge in [0.1, 0.15) is 0 Å². The van der Waals surface area contributed by atoms with Gasteiger partial charge in [0.15, 0.2) is 0 Å². The maximum Gasteiger partial charge on any atom is 0.253 e. The number of benzene rings is 2. The third-order valence-electron chi connectivity index (χ3n) is 3.32. The number of rotatable bonds is 4. The third-order valence-corrected chi connectivity index (χ3v) is 3.32. The predicted octanol–water partition coefficient (Wildman–Crippen LogP) is 2.73. The van der Waals surface area contributed by atoms with Crippen molar-refractivity contribution in [2.24, 2.45) is 5.73 Å². The molecule has 0 aromatic heterocycles. The Morgan fingerprint density at radius 2 is 1.55 bits per heavy atom. The fourth-order valence-electron chi connectivity index (χ4n) is 2.04. The van der Waals surface area contributed by atoms with E-state index in [-0.39, 0.29) is 5.91 Å². The monoisotopic (exact) mass is 268 g/mol. The first-order chi connectivity index (χ1) is 9.60. The first-order valence-corrected chi connectivity index (χ1v) is 6.70. The molecule has 20 heavy (non-hydrogen) atoms. The summed E-state index contributed by atoms with van der Waals surface area (Å²) in [5.41, 5.74) is 9.63. The van der Waals surface area contributed by atoms with Crippen molar-refractivity contribution in [1.82, 2.24) is 4.90 Å². The highest BCUT2D eigenvalue weighted by Gasteiger charge is 2.11. The highest BCUT2D eigenvalue weighted by molar-refractivity contribution is 5.94. The number of nitrogens with zero attached hydrogens (tertiary/aromatic N) is 1. The number of nitrogens with two attached hydrogens (primary N) is 1. The summed E-state index contributed by atoms with van der Waals surface area (Å²) in [6.07, 6.45) is 0. The molecule has 0 atom stereocenters. The molecule has 3 heteroatoms. The lowest BCUT2D eigenvalue weighted by Gasteiger charge is -2.17. The lowest BCUT2D eigenvalue weighted by molar-refractivity contribution is 0.0785. The van der Waals surface area contributed by atoms with Gasteiger partial charge in [-0.2, -0.15) is 0 Å². The Balaban J connectivity index is 2.05. The molecule has 2 aromatic carbocycles. The van der Waals surface area contributed by atoms with Crippen molar-refractivity contribution in [3.05, 3.63) is 70.8 Å². The van der Waals surface area contributed by atoms with Crippen molar-refractivity contribution in [3.8, 4) is 0 Å². The summed E-state index contributed by atoms with van der Waals surface area (Å²) < 4.78 is 0. The van der Waals surface area contributed by atoms with E-state index in [9.17, 15) is 4.79 Å². The molecule has 0 radical (unpaired) electrons. The largest absolute Gasteiger partial charge is 0.337 e. The van der Waals surface area contributed by atoms with Gasteiger partial charge < -0.3 is 10.6 Å². The van der Waals surface area contributed by atoms with Crippen LogP contribution in [-0.2, 0) is 13.1 Å². The van der Waals surface area contributed by atoms with Crippen molar-refractivity contribution in [3.63, 3.8) is 0 Å². The second kappa shape index (κ2) is 6.35. The molecule has 0 saturated carbocycles. The normalized spacial score (nSPS) is 10.3. The number of aryl methyl sites for hydroxylation is 1. The van der Waals surface area contributed by atoms with Crippen LogP contribution < -0.4 is 5.73 Å². The Labute approximate surface area is 120 Å². The second-order valence-electron chi connectivity index (χ2n) is 5.05. The molecule has 0 aliphatic heterocycles. The zero-order valence-electron chi connectivity index (χ0n) is 12.0. The quantitative estimate of drug-likeness (QED) is 0.926. The minimum absolute atomic E-state index is 0.0224. The summed E-state index contributed by atoms with van der Waals surface area (Å²) in [4.78, 5) is 14.0. The Bertz CT molecular complexity index is 573. The van der Waals surface area contributed by atoms with Gasteiger partial charge in [0.05, 0.1) is 0 Å². The van der Waals surface area contributed by atoms with Gasteiger partial charge in [0.2, 0.25) is 0 Å². The van der Waals surface area contributed by atoms with Gasteiger partial charge in [-0.25, -0.2) is 0 Å². The molecule has 3 nitrogen and oxygen atoms in total. The zero-order chi connectivity index (χ0) is 14.5. The van der Waals surface area contributed by atoms with Crippen molar-refractivity contribution >= 4 is 5.91 Å². The van der Waals surface area contributed by atoms with E-state index >= 15 is 0 Å². The van der Waals surface area contributed by atoms with Gasteiger partial charge in [0, 0.05) is 25.7 Å². The van der Waals surface area contributed by atoms with Gasteiger partial charge in [-0.1, -0.05) is 42.0 Å². The average Bonchev–Trinajstić information content (AvgIpc) is 2.49. The molecular formula is C17H20N2O. The van der Waals surface area contributed by atoms with E-state index in [2.05, 4.69) is 31.2 Å². The zero-order valence-corrected chi connectivity index (χ0v) is 12.0. The molecule has 0 aliphatic rings. The molecule has 0 unspecified atom stereocenters. The van der Waals surface area contributed by atoms with Crippen molar-refractivity contribution in [1.29, 1.82) is 0 Å². The topological polar surface area (TPSA) is 46.3 Å². The van der Waals surface area contributed by atoms with Crippen LogP contribution in [0.15, 0.2) is 48.5 Å². The van der Waals surface area contributed by atoms with Crippen molar-refractivity contribution < 1.29 is 4.79 Å². The summed E-state index contributed by atoms with van der Waals surface area (Å²) >= 11 is 0. The SMILES string of the molecule is Cc1ccc(CN(C)C(=O)c2ccc(CN)cc2)cc1. The maximum atomic E-state index is 12.3. The predicted molar refractivity (Wildman–Crippen MR) is 81.3 cm³/mol. The first kappa shape index (κ1) is 14.3. The fraction of sp³-hybridized carbons (Fsp3) is 0.235. The van der Waals surface area contributed by atoms with E-state index in [1.54, 1.807) is 4.90 Å². The first-order valence-electron chi connectivity index (χ1n) is 6.70. The van der Waals surface area contributed by atoms with E-state index in [0.717, 1.165) is 11.1 Å². The minimum atomic E-state index is 0.0224. The highest BCUT2D eigenvalue weighted by atomic mass is 16.2. The van der Waals surface area contributed by atoms with Crippen LogP contribution in [0, 0.1) is 6.92 Å². The van der Waals surface area contributed by atoms with E-state index in [0.29, 0.717) is 18.7 Å². The number of amides is 1. The van der Waals surface area contributed by atoms with Crippen molar-refractivity contribution in [2.45, 2.75) is 20.0 Å². The van der Waals surface area contributed by atoms with Gasteiger partial charge in [-0.3, -0.25) is 4.79 Å². The van der Waals surface area contributed by atoms with E-state index in [1.807, 2.05) is 31.3 Å². The molecule has 2 N–H and O–H groups in total. The summed E-state index contributed by atoms with van der Waals surface area (Å²) in [5.74, 6) is 0.0224. The van der Waals surface area contributed by atoms with Gasteiger partial charge in [0.25, 0.3) is 5.91 Å². The Kier molecular flexibility index (Phi) is 4.53. The molecule has 0 bridgehead atoms. The standard InChI is InChI=1S/C17H20N2O/c1-13-3-5-15(6-4-13)12-19(2)17(20)16-9-7-14(11-18)8-10-16/h3-10H,11-12,18H2,1-2H3. The van der Waals surface area contributed by atoms with Crippen LogP contribution in [0.3, 0.4) is 0 Å². The number of carbonyl (C=O) groups is 1. The van der Waals surface area contributed by atoms with E-state index in [1.165, 1.54) is 5.56 Å². The summed E-state index contributed by atoms with van der Waals surface area (Å²) in [6, 6.07) is 15.7. The van der Waals surface area contributed by atoms with Crippen LogP contribution in [0.4, 0.5) is 0 Å². The molecule has 0 fully saturated rings. The second-order valence-corrected chi connectivity index (χ2v) is 5.05. The Morgan fingerprint density at radius 1 is 1.00 bits per heavy atom. The Morgan fingerprint density at radius 3 is 2.10 bits per heavy atom. The minimum Gasteiger partial charge on any atom is -0.337 e. The lowest BCUT2D eigenvalue weighted by atomic mass is 10.1. The smallest absolute Gasteiger partial charge is 0.253 e. The van der Waals surface area contributed by atoms with Crippen molar-refractivity contribution in [2.75, 3.05) is 7.05 Å². The van der Waals surface area contributed by atoms with Crippen LogP contribution in [0.5, 0.6) is 0 Å². The van der Waals surface area contributed by atoms with E-state index < -0.39 is 0 Å². The van der Waals surface area contributed by atoms with Crippen LogP contribution in [-0.4, -0.2) is 17.9 Å². The molecule has 0 aliphatic carbocycles. The van der Waals surface area contributed by atoms with Crippen LogP contribution >= 0.6 is 0 Å². The number of carbonyl (C=O) groups excluding carboxylic acids is 1. The Hall–Kier alpha value is -2.13. The highest BCUT2D eigenvalue weighted by Crippen LogP contribution is 2.10. The summed E-state index contributed by atoms with van der Waals surface area (Å²) in [6.45, 7) is 3.16. The van der Waals surface area contributed by atoms with Crippen LogP contribution in [0.2, 0.25) is 0 Å². The molecule has 0 spiro atoms. The maximum absolute atomic E-state index is 12.3. The van der Waals surface area contributed by atoms with Crippen LogP contribution in [0.25, 0.3) is 0 Å². The van der Waals surface area contributed by atoms with Gasteiger partial charge >= 0.3 is 0 Å². The molecule has 104 valence electrons. The van der Waals surface area contributed by atoms with E-state index in [4.69, 9.17) is 5.73 Å². The fourth-order valence-corrected chi connectivity index (χ4v) is 2.04.